The highest BCUT2D eigenvalue weighted by Crippen LogP contribution is 2.29. The lowest BCUT2D eigenvalue weighted by Crippen LogP contribution is -2.50. The van der Waals surface area contributed by atoms with Crippen LogP contribution in [-0.2, 0) is 4.79 Å². The fraction of sp³-hybridized carbons (Fsp3) is 0.588. The Balaban J connectivity index is 1.99. The highest BCUT2D eigenvalue weighted by molar-refractivity contribution is 5.78. The van der Waals surface area contributed by atoms with Gasteiger partial charge in [-0.05, 0) is 25.5 Å². The molecule has 2 rings (SSSR count). The molecule has 4 heteroatoms. The summed E-state index contributed by atoms with van der Waals surface area (Å²) in [7, 11) is 0. The fourth-order valence-corrected chi connectivity index (χ4v) is 2.65. The molecule has 1 atom stereocenters. The van der Waals surface area contributed by atoms with Crippen LogP contribution in [0.4, 0.5) is 5.69 Å². The summed E-state index contributed by atoms with van der Waals surface area (Å²) in [4.78, 5) is 16.5. The highest BCUT2D eigenvalue weighted by Gasteiger charge is 2.25. The second kappa shape index (κ2) is 7.34. The Morgan fingerprint density at radius 1 is 1.19 bits per heavy atom. The van der Waals surface area contributed by atoms with E-state index in [1.165, 1.54) is 0 Å². The van der Waals surface area contributed by atoms with E-state index in [-0.39, 0.29) is 11.8 Å². The van der Waals surface area contributed by atoms with Crippen molar-refractivity contribution in [2.75, 3.05) is 37.7 Å². The minimum atomic E-state index is 0.132. The number of benzene rings is 1. The number of rotatable bonds is 5. The van der Waals surface area contributed by atoms with E-state index in [9.17, 15) is 4.79 Å². The second-order valence-electron chi connectivity index (χ2n) is 5.52. The average Bonchev–Trinajstić information content (AvgIpc) is 2.54. The van der Waals surface area contributed by atoms with E-state index in [2.05, 4.69) is 17.9 Å². The Morgan fingerprint density at radius 3 is 2.48 bits per heavy atom. The first kappa shape index (κ1) is 15.7. The molecule has 116 valence electrons. The molecule has 1 saturated heterocycles. The standard InChI is InChI=1S/C17H26N2O2/c1-4-14(3)17(20)19-12-10-18(11-13-19)15-8-6-7-9-16(15)21-5-2/h6-9,14H,4-5,10-13H2,1-3H3. The zero-order chi connectivity index (χ0) is 15.2. The van der Waals surface area contributed by atoms with Crippen LogP contribution < -0.4 is 9.64 Å². The molecule has 0 spiro atoms. The van der Waals surface area contributed by atoms with Gasteiger partial charge in [0.2, 0.25) is 5.91 Å². The molecule has 0 radical (unpaired) electrons. The first-order valence-corrected chi connectivity index (χ1v) is 7.92. The van der Waals surface area contributed by atoms with Crippen LogP contribution in [-0.4, -0.2) is 43.6 Å². The minimum absolute atomic E-state index is 0.132. The molecule has 4 nitrogen and oxygen atoms in total. The quantitative estimate of drug-likeness (QED) is 0.836. The fourth-order valence-electron chi connectivity index (χ4n) is 2.65. The normalized spacial score (nSPS) is 16.7. The monoisotopic (exact) mass is 290 g/mol. The van der Waals surface area contributed by atoms with Crippen molar-refractivity contribution in [1.82, 2.24) is 4.90 Å². The van der Waals surface area contributed by atoms with Gasteiger partial charge in [-0.2, -0.15) is 0 Å². The van der Waals surface area contributed by atoms with E-state index < -0.39 is 0 Å². The number of hydrogen-bond acceptors (Lipinski definition) is 3. The predicted octanol–water partition coefficient (Wildman–Crippen LogP) is 2.78. The maximum atomic E-state index is 12.2. The number of amides is 1. The van der Waals surface area contributed by atoms with Gasteiger partial charge in [0.15, 0.2) is 0 Å². The van der Waals surface area contributed by atoms with Crippen LogP contribution in [0.25, 0.3) is 0 Å². The molecule has 1 heterocycles. The maximum absolute atomic E-state index is 12.2. The number of carbonyl (C=O) groups is 1. The largest absolute Gasteiger partial charge is 0.492 e. The molecule has 1 aromatic carbocycles. The van der Waals surface area contributed by atoms with Gasteiger partial charge < -0.3 is 14.5 Å². The average molecular weight is 290 g/mol. The van der Waals surface area contributed by atoms with Gasteiger partial charge in [-0.1, -0.05) is 26.0 Å². The molecule has 1 fully saturated rings. The smallest absolute Gasteiger partial charge is 0.225 e. The lowest BCUT2D eigenvalue weighted by atomic mass is 10.1. The van der Waals surface area contributed by atoms with E-state index in [0.717, 1.165) is 44.0 Å². The molecule has 0 aliphatic carbocycles. The summed E-state index contributed by atoms with van der Waals surface area (Å²) in [6, 6.07) is 8.14. The van der Waals surface area contributed by atoms with E-state index >= 15 is 0 Å². The summed E-state index contributed by atoms with van der Waals surface area (Å²) >= 11 is 0. The number of carbonyl (C=O) groups excluding carboxylic acids is 1. The van der Waals surface area contributed by atoms with Crippen molar-refractivity contribution in [3.8, 4) is 5.75 Å². The second-order valence-corrected chi connectivity index (χ2v) is 5.52. The topological polar surface area (TPSA) is 32.8 Å². The van der Waals surface area contributed by atoms with E-state index in [1.807, 2.05) is 36.9 Å². The van der Waals surface area contributed by atoms with E-state index in [1.54, 1.807) is 0 Å². The van der Waals surface area contributed by atoms with Gasteiger partial charge in [-0.3, -0.25) is 4.79 Å². The first-order valence-electron chi connectivity index (χ1n) is 7.92. The zero-order valence-corrected chi connectivity index (χ0v) is 13.3. The summed E-state index contributed by atoms with van der Waals surface area (Å²) in [6.07, 6.45) is 0.909. The van der Waals surface area contributed by atoms with Crippen LogP contribution in [0.3, 0.4) is 0 Å². The summed E-state index contributed by atoms with van der Waals surface area (Å²) < 4.78 is 5.70. The van der Waals surface area contributed by atoms with Crippen molar-refractivity contribution in [2.24, 2.45) is 5.92 Å². The molecular formula is C17H26N2O2. The van der Waals surface area contributed by atoms with Crippen molar-refractivity contribution >= 4 is 11.6 Å². The Hall–Kier alpha value is -1.71. The lowest BCUT2D eigenvalue weighted by Gasteiger charge is -2.37. The summed E-state index contributed by atoms with van der Waals surface area (Å²) in [6.45, 7) is 10.1. The summed E-state index contributed by atoms with van der Waals surface area (Å²) in [5.74, 6) is 1.35. The predicted molar refractivity (Wildman–Crippen MR) is 85.9 cm³/mol. The molecule has 1 aliphatic heterocycles. The molecule has 1 aliphatic rings. The molecule has 21 heavy (non-hydrogen) atoms. The van der Waals surface area contributed by atoms with Crippen molar-refractivity contribution < 1.29 is 9.53 Å². The number of nitrogens with zero attached hydrogens (tertiary/aromatic N) is 2. The van der Waals surface area contributed by atoms with E-state index in [0.29, 0.717) is 6.61 Å². The first-order chi connectivity index (χ1) is 10.2. The number of hydrogen-bond donors (Lipinski definition) is 0. The molecule has 0 bridgehead atoms. The third-order valence-corrected chi connectivity index (χ3v) is 4.13. The van der Waals surface area contributed by atoms with E-state index in [4.69, 9.17) is 4.74 Å². The Kier molecular flexibility index (Phi) is 5.48. The third kappa shape index (κ3) is 3.69. The Labute approximate surface area is 127 Å². The SMILES string of the molecule is CCOc1ccccc1N1CCN(C(=O)C(C)CC)CC1. The number of anilines is 1. The molecular weight excluding hydrogens is 264 g/mol. The Morgan fingerprint density at radius 2 is 1.86 bits per heavy atom. The van der Waals surface area contributed by atoms with Gasteiger partial charge >= 0.3 is 0 Å². The van der Waals surface area contributed by atoms with Crippen LogP contribution in [0, 0.1) is 5.92 Å². The number of para-hydroxylation sites is 2. The lowest BCUT2D eigenvalue weighted by molar-refractivity contribution is -0.135. The molecule has 0 saturated carbocycles. The van der Waals surface area contributed by atoms with Crippen molar-refractivity contribution in [1.29, 1.82) is 0 Å². The molecule has 1 amide bonds. The molecule has 1 unspecified atom stereocenters. The maximum Gasteiger partial charge on any atom is 0.225 e. The summed E-state index contributed by atoms with van der Waals surface area (Å²) in [5, 5.41) is 0. The van der Waals surface area contributed by atoms with Gasteiger partial charge in [0.05, 0.1) is 12.3 Å². The van der Waals surface area contributed by atoms with Crippen LogP contribution in [0.5, 0.6) is 5.75 Å². The van der Waals surface area contributed by atoms with Gasteiger partial charge in [0.1, 0.15) is 5.75 Å². The Bertz CT molecular complexity index is 468. The van der Waals surface area contributed by atoms with Gasteiger partial charge in [-0.25, -0.2) is 0 Å². The van der Waals surface area contributed by atoms with Gasteiger partial charge in [-0.15, -0.1) is 0 Å². The molecule has 0 N–H and O–H groups in total. The minimum Gasteiger partial charge on any atom is -0.492 e. The number of piperazine rings is 1. The molecule has 0 aromatic heterocycles. The van der Waals surface area contributed by atoms with Crippen molar-refractivity contribution in [3.63, 3.8) is 0 Å². The van der Waals surface area contributed by atoms with Gasteiger partial charge in [0, 0.05) is 32.1 Å². The zero-order valence-electron chi connectivity index (χ0n) is 13.3. The van der Waals surface area contributed by atoms with Crippen LogP contribution in [0.1, 0.15) is 27.2 Å². The van der Waals surface area contributed by atoms with Crippen molar-refractivity contribution in [3.05, 3.63) is 24.3 Å². The van der Waals surface area contributed by atoms with Crippen LogP contribution in [0.15, 0.2) is 24.3 Å². The highest BCUT2D eigenvalue weighted by atomic mass is 16.5. The van der Waals surface area contributed by atoms with Crippen LogP contribution in [0.2, 0.25) is 0 Å². The summed E-state index contributed by atoms with van der Waals surface area (Å²) in [5.41, 5.74) is 1.13. The third-order valence-electron chi connectivity index (χ3n) is 4.13. The molecule has 1 aromatic rings. The van der Waals surface area contributed by atoms with Crippen molar-refractivity contribution in [2.45, 2.75) is 27.2 Å². The van der Waals surface area contributed by atoms with Gasteiger partial charge in [0.25, 0.3) is 0 Å². The number of ether oxygens (including phenoxy) is 1. The van der Waals surface area contributed by atoms with Crippen LogP contribution >= 0.6 is 0 Å².